The minimum atomic E-state index is -4.26. The van der Waals surface area contributed by atoms with Crippen LogP contribution in [-0.4, -0.2) is 18.2 Å². The summed E-state index contributed by atoms with van der Waals surface area (Å²) in [5.74, 6) is 0. The number of nitrogens with zero attached hydrogens (tertiary/aromatic N) is 1. The smallest absolute Gasteiger partial charge is 0.213 e. The highest BCUT2D eigenvalue weighted by atomic mass is 19.4. The van der Waals surface area contributed by atoms with Crippen molar-refractivity contribution in [3.63, 3.8) is 0 Å². The van der Waals surface area contributed by atoms with E-state index in [0.29, 0.717) is 10.5 Å². The predicted octanol–water partition coefficient (Wildman–Crippen LogP) is 2.95. The maximum Gasteiger partial charge on any atom is 0.459 e. The summed E-state index contributed by atoms with van der Waals surface area (Å²) in [5.41, 5.74) is 1.71. The topological polar surface area (TPSA) is 3.24 Å². The standard InChI is InChI=1S/C10H12F3N/c1-8-3-5-9(6-4-8)7-14(2)10(11,12)13/h3-6H,7H2,1-2H3. The van der Waals surface area contributed by atoms with Crippen LogP contribution in [0.5, 0.6) is 0 Å². The van der Waals surface area contributed by atoms with Crippen LogP contribution in [0.2, 0.25) is 0 Å². The summed E-state index contributed by atoms with van der Waals surface area (Å²) in [6, 6.07) is 7.02. The number of benzene rings is 1. The van der Waals surface area contributed by atoms with Gasteiger partial charge in [-0.3, -0.25) is 0 Å². The zero-order chi connectivity index (χ0) is 10.8. The molecule has 14 heavy (non-hydrogen) atoms. The summed E-state index contributed by atoms with van der Waals surface area (Å²) in [4.78, 5) is 0.359. The van der Waals surface area contributed by atoms with Gasteiger partial charge in [0.25, 0.3) is 0 Å². The Labute approximate surface area is 81.1 Å². The molecule has 0 aliphatic carbocycles. The molecule has 0 radical (unpaired) electrons. The predicted molar refractivity (Wildman–Crippen MR) is 48.7 cm³/mol. The minimum Gasteiger partial charge on any atom is -0.213 e. The van der Waals surface area contributed by atoms with Crippen LogP contribution in [0, 0.1) is 6.92 Å². The fourth-order valence-corrected chi connectivity index (χ4v) is 1.06. The summed E-state index contributed by atoms with van der Waals surface area (Å²) >= 11 is 0. The average Bonchev–Trinajstić information content (AvgIpc) is 2.07. The molecule has 78 valence electrons. The average molecular weight is 203 g/mol. The SMILES string of the molecule is Cc1ccc(CN(C)C(F)(F)F)cc1. The van der Waals surface area contributed by atoms with Gasteiger partial charge in [-0.05, 0) is 19.5 Å². The van der Waals surface area contributed by atoms with E-state index in [2.05, 4.69) is 0 Å². The molecule has 0 aromatic heterocycles. The number of hydrogen-bond acceptors (Lipinski definition) is 1. The lowest BCUT2D eigenvalue weighted by Gasteiger charge is -2.19. The fraction of sp³-hybridized carbons (Fsp3) is 0.400. The molecular formula is C10H12F3N. The monoisotopic (exact) mass is 203 g/mol. The van der Waals surface area contributed by atoms with Gasteiger partial charge in [0.15, 0.2) is 0 Å². The zero-order valence-corrected chi connectivity index (χ0v) is 8.10. The Kier molecular flexibility index (Phi) is 3.16. The number of alkyl halides is 3. The first-order valence-electron chi connectivity index (χ1n) is 4.23. The minimum absolute atomic E-state index is 0.107. The molecular weight excluding hydrogens is 191 g/mol. The summed E-state index contributed by atoms with van der Waals surface area (Å²) in [7, 11) is 1.04. The van der Waals surface area contributed by atoms with Crippen molar-refractivity contribution in [3.05, 3.63) is 35.4 Å². The maximum absolute atomic E-state index is 12.1. The lowest BCUT2D eigenvalue weighted by molar-refractivity contribution is -0.240. The highest BCUT2D eigenvalue weighted by Gasteiger charge is 2.33. The molecule has 1 aromatic carbocycles. The Morgan fingerprint density at radius 1 is 1.14 bits per heavy atom. The number of hydrogen-bond donors (Lipinski definition) is 0. The normalized spacial score (nSPS) is 12.1. The second-order valence-corrected chi connectivity index (χ2v) is 3.31. The molecule has 1 nitrogen and oxygen atoms in total. The molecule has 0 aliphatic heterocycles. The first-order chi connectivity index (χ1) is 6.39. The van der Waals surface area contributed by atoms with Crippen molar-refractivity contribution in [2.24, 2.45) is 0 Å². The Balaban J connectivity index is 2.65. The van der Waals surface area contributed by atoms with Crippen LogP contribution in [0.4, 0.5) is 13.2 Å². The van der Waals surface area contributed by atoms with Crippen LogP contribution < -0.4 is 0 Å². The zero-order valence-electron chi connectivity index (χ0n) is 8.10. The summed E-state index contributed by atoms with van der Waals surface area (Å²) in [6.07, 6.45) is -4.26. The Hall–Kier alpha value is -1.03. The molecule has 0 spiro atoms. The number of halogens is 3. The highest BCUT2D eigenvalue weighted by molar-refractivity contribution is 5.21. The second kappa shape index (κ2) is 4.00. The van der Waals surface area contributed by atoms with Crippen LogP contribution in [0.15, 0.2) is 24.3 Å². The van der Waals surface area contributed by atoms with Crippen molar-refractivity contribution < 1.29 is 13.2 Å². The van der Waals surface area contributed by atoms with E-state index in [1.165, 1.54) is 0 Å². The van der Waals surface area contributed by atoms with Crippen LogP contribution in [-0.2, 0) is 6.54 Å². The van der Waals surface area contributed by atoms with E-state index in [0.717, 1.165) is 12.6 Å². The fourth-order valence-electron chi connectivity index (χ4n) is 1.06. The molecule has 0 atom stereocenters. The van der Waals surface area contributed by atoms with E-state index in [9.17, 15) is 13.2 Å². The van der Waals surface area contributed by atoms with Gasteiger partial charge in [-0.1, -0.05) is 29.8 Å². The molecule has 1 aromatic rings. The Morgan fingerprint density at radius 3 is 2.07 bits per heavy atom. The largest absolute Gasteiger partial charge is 0.459 e. The maximum atomic E-state index is 12.1. The Bertz CT molecular complexity index is 289. The molecule has 0 saturated carbocycles. The molecule has 0 heterocycles. The van der Waals surface area contributed by atoms with E-state index in [-0.39, 0.29) is 6.54 Å². The van der Waals surface area contributed by atoms with Gasteiger partial charge in [-0.25, -0.2) is 4.90 Å². The molecule has 1 rings (SSSR count). The number of aryl methyl sites for hydroxylation is 1. The molecule has 0 saturated heterocycles. The van der Waals surface area contributed by atoms with E-state index in [1.54, 1.807) is 24.3 Å². The van der Waals surface area contributed by atoms with Crippen molar-refractivity contribution in [2.75, 3.05) is 7.05 Å². The molecule has 0 unspecified atom stereocenters. The summed E-state index contributed by atoms with van der Waals surface area (Å²) in [5, 5.41) is 0. The van der Waals surface area contributed by atoms with Gasteiger partial charge >= 0.3 is 6.30 Å². The number of rotatable bonds is 2. The first kappa shape index (κ1) is 11.0. The summed E-state index contributed by atoms with van der Waals surface area (Å²) < 4.78 is 36.4. The molecule has 4 heteroatoms. The molecule has 0 bridgehead atoms. The van der Waals surface area contributed by atoms with Crippen LogP contribution in [0.25, 0.3) is 0 Å². The van der Waals surface area contributed by atoms with Gasteiger partial charge in [0, 0.05) is 6.54 Å². The third kappa shape index (κ3) is 3.03. The van der Waals surface area contributed by atoms with Crippen molar-refractivity contribution >= 4 is 0 Å². The van der Waals surface area contributed by atoms with E-state index in [1.807, 2.05) is 6.92 Å². The van der Waals surface area contributed by atoms with Gasteiger partial charge < -0.3 is 0 Å². The third-order valence-electron chi connectivity index (χ3n) is 1.97. The highest BCUT2D eigenvalue weighted by Crippen LogP contribution is 2.21. The molecule has 0 aliphatic rings. The third-order valence-corrected chi connectivity index (χ3v) is 1.97. The summed E-state index contributed by atoms with van der Waals surface area (Å²) in [6.45, 7) is 1.79. The second-order valence-electron chi connectivity index (χ2n) is 3.31. The van der Waals surface area contributed by atoms with Gasteiger partial charge in [0.05, 0.1) is 0 Å². The lowest BCUT2D eigenvalue weighted by Crippen LogP contribution is -2.33. The lowest BCUT2D eigenvalue weighted by atomic mass is 10.1. The van der Waals surface area contributed by atoms with Gasteiger partial charge in [0.2, 0.25) is 0 Å². The van der Waals surface area contributed by atoms with Crippen molar-refractivity contribution in [2.45, 2.75) is 19.8 Å². The molecule has 0 fully saturated rings. The Morgan fingerprint density at radius 2 is 1.64 bits per heavy atom. The first-order valence-corrected chi connectivity index (χ1v) is 4.23. The van der Waals surface area contributed by atoms with E-state index >= 15 is 0 Å². The van der Waals surface area contributed by atoms with E-state index < -0.39 is 6.30 Å². The van der Waals surface area contributed by atoms with Gasteiger partial charge in [-0.2, -0.15) is 13.2 Å². The quantitative estimate of drug-likeness (QED) is 0.668. The van der Waals surface area contributed by atoms with Crippen LogP contribution in [0.3, 0.4) is 0 Å². The van der Waals surface area contributed by atoms with Crippen molar-refractivity contribution in [1.82, 2.24) is 4.90 Å². The van der Waals surface area contributed by atoms with Crippen molar-refractivity contribution in [1.29, 1.82) is 0 Å². The van der Waals surface area contributed by atoms with Gasteiger partial charge in [-0.15, -0.1) is 0 Å². The molecule has 0 N–H and O–H groups in total. The van der Waals surface area contributed by atoms with Crippen LogP contribution in [0.1, 0.15) is 11.1 Å². The van der Waals surface area contributed by atoms with Gasteiger partial charge in [0.1, 0.15) is 0 Å². The molecule has 0 amide bonds. The van der Waals surface area contributed by atoms with Crippen molar-refractivity contribution in [3.8, 4) is 0 Å². The van der Waals surface area contributed by atoms with E-state index in [4.69, 9.17) is 0 Å². The van der Waals surface area contributed by atoms with Crippen LogP contribution >= 0.6 is 0 Å².